The maximum Gasteiger partial charge on any atom is 0.261 e. The van der Waals surface area contributed by atoms with Crippen LogP contribution in [0.5, 0.6) is 5.75 Å². The van der Waals surface area contributed by atoms with Crippen LogP contribution < -0.4 is 20.5 Å². The van der Waals surface area contributed by atoms with Crippen molar-refractivity contribution in [3.05, 3.63) is 82.3 Å². The number of benzene rings is 3. The van der Waals surface area contributed by atoms with Crippen molar-refractivity contribution in [2.24, 2.45) is 0 Å². The van der Waals surface area contributed by atoms with Gasteiger partial charge in [-0.05, 0) is 43.2 Å². The van der Waals surface area contributed by atoms with Gasteiger partial charge in [-0.1, -0.05) is 71.7 Å². The van der Waals surface area contributed by atoms with Crippen molar-refractivity contribution in [3.63, 3.8) is 0 Å². The zero-order chi connectivity index (χ0) is 25.1. The molecule has 0 bridgehead atoms. The minimum Gasteiger partial charge on any atom is -0.482 e. The second kappa shape index (κ2) is 10.4. The fraction of sp³-hybridized carbons (Fsp3) is 0.192. The first-order valence-corrected chi connectivity index (χ1v) is 11.7. The minimum absolute atomic E-state index is 0.196. The standard InChI is InChI=1S/C26H23Cl2N3O4/c1-15-17-8-3-4-9-18(17)19-10-5-6-12-21(19)31(26(15)34)30-25(33)16(2)29-23(32)14-35-22-13-7-11-20(27)24(22)28/h3-13,15-16H,14H2,1-2H3,(H,29,32)(H,30,33)/t15?,16-/m0/s1. The number of fused-ring (bicyclic) bond motifs is 3. The molecule has 3 aromatic rings. The van der Waals surface area contributed by atoms with Crippen molar-refractivity contribution in [3.8, 4) is 16.9 Å². The van der Waals surface area contributed by atoms with Gasteiger partial charge in [0.15, 0.2) is 6.61 Å². The van der Waals surface area contributed by atoms with E-state index in [0.717, 1.165) is 16.7 Å². The number of hydrogen-bond acceptors (Lipinski definition) is 4. The van der Waals surface area contributed by atoms with Gasteiger partial charge in [0.05, 0.1) is 16.6 Å². The van der Waals surface area contributed by atoms with E-state index >= 15 is 0 Å². The van der Waals surface area contributed by atoms with Crippen LogP contribution in [0.1, 0.15) is 25.3 Å². The lowest BCUT2D eigenvalue weighted by Crippen LogP contribution is -2.54. The van der Waals surface area contributed by atoms with Gasteiger partial charge in [-0.15, -0.1) is 0 Å². The third kappa shape index (κ3) is 5.11. The first kappa shape index (κ1) is 24.6. The number of ether oxygens (including phenoxy) is 1. The number of carbonyl (C=O) groups is 3. The molecule has 1 unspecified atom stereocenters. The largest absolute Gasteiger partial charge is 0.482 e. The first-order valence-electron chi connectivity index (χ1n) is 11.0. The molecule has 2 atom stereocenters. The van der Waals surface area contributed by atoms with Crippen LogP contribution in [0.25, 0.3) is 11.1 Å². The summed E-state index contributed by atoms with van der Waals surface area (Å²) >= 11 is 12.0. The van der Waals surface area contributed by atoms with Crippen LogP contribution in [0.4, 0.5) is 5.69 Å². The number of hydrogen-bond donors (Lipinski definition) is 2. The third-order valence-corrected chi connectivity index (χ3v) is 6.52. The maximum atomic E-state index is 13.4. The minimum atomic E-state index is -0.943. The van der Waals surface area contributed by atoms with E-state index in [-0.39, 0.29) is 23.3 Å². The zero-order valence-electron chi connectivity index (χ0n) is 19.0. The highest BCUT2D eigenvalue weighted by atomic mass is 35.5. The molecule has 3 amide bonds. The summed E-state index contributed by atoms with van der Waals surface area (Å²) in [6.07, 6.45) is 0. The molecule has 0 aliphatic carbocycles. The Morgan fingerprint density at radius 1 is 1.00 bits per heavy atom. The predicted molar refractivity (Wildman–Crippen MR) is 135 cm³/mol. The van der Waals surface area contributed by atoms with Crippen molar-refractivity contribution in [2.45, 2.75) is 25.8 Å². The molecule has 0 saturated heterocycles. The van der Waals surface area contributed by atoms with Gasteiger partial charge in [0, 0.05) is 5.56 Å². The van der Waals surface area contributed by atoms with Gasteiger partial charge in [0.1, 0.15) is 16.8 Å². The van der Waals surface area contributed by atoms with Crippen LogP contribution in [0.2, 0.25) is 10.0 Å². The number of hydrazine groups is 1. The first-order chi connectivity index (χ1) is 16.8. The maximum absolute atomic E-state index is 13.4. The molecule has 0 fully saturated rings. The van der Waals surface area contributed by atoms with Gasteiger partial charge in [-0.2, -0.15) is 0 Å². The van der Waals surface area contributed by atoms with E-state index in [1.54, 1.807) is 37.3 Å². The molecule has 7 nitrogen and oxygen atoms in total. The summed E-state index contributed by atoms with van der Waals surface area (Å²) in [5, 5.41) is 4.32. The zero-order valence-corrected chi connectivity index (χ0v) is 20.6. The number of nitrogens with one attached hydrogen (secondary N) is 2. The molecule has 1 heterocycles. The Morgan fingerprint density at radius 3 is 2.46 bits per heavy atom. The molecule has 180 valence electrons. The van der Waals surface area contributed by atoms with E-state index < -0.39 is 23.8 Å². The quantitative estimate of drug-likeness (QED) is 0.500. The second-order valence-electron chi connectivity index (χ2n) is 8.11. The molecule has 0 saturated carbocycles. The van der Waals surface area contributed by atoms with Crippen molar-refractivity contribution in [1.82, 2.24) is 10.7 Å². The summed E-state index contributed by atoms with van der Waals surface area (Å²) in [7, 11) is 0. The number of para-hydroxylation sites is 1. The monoisotopic (exact) mass is 511 g/mol. The van der Waals surface area contributed by atoms with Crippen LogP contribution in [0, 0.1) is 0 Å². The lowest BCUT2D eigenvalue weighted by Gasteiger charge is -2.27. The van der Waals surface area contributed by atoms with Crippen molar-refractivity contribution in [2.75, 3.05) is 11.6 Å². The average molecular weight is 512 g/mol. The fourth-order valence-electron chi connectivity index (χ4n) is 3.87. The molecular weight excluding hydrogens is 489 g/mol. The smallest absolute Gasteiger partial charge is 0.261 e. The fourth-order valence-corrected chi connectivity index (χ4v) is 4.22. The lowest BCUT2D eigenvalue weighted by molar-refractivity contribution is -0.131. The molecule has 9 heteroatoms. The van der Waals surface area contributed by atoms with Gasteiger partial charge >= 0.3 is 0 Å². The lowest BCUT2D eigenvalue weighted by atomic mass is 9.92. The molecule has 2 N–H and O–H groups in total. The normalized spacial score (nSPS) is 15.4. The van der Waals surface area contributed by atoms with Crippen LogP contribution in [-0.4, -0.2) is 30.4 Å². The topological polar surface area (TPSA) is 87.7 Å². The van der Waals surface area contributed by atoms with Gasteiger partial charge in [-0.25, -0.2) is 5.01 Å². The summed E-state index contributed by atoms with van der Waals surface area (Å²) < 4.78 is 5.42. The Kier molecular flexibility index (Phi) is 7.28. The molecule has 35 heavy (non-hydrogen) atoms. The van der Waals surface area contributed by atoms with Crippen LogP contribution in [0.3, 0.4) is 0 Å². The summed E-state index contributed by atoms with van der Waals surface area (Å²) in [4.78, 5) is 38.7. The van der Waals surface area contributed by atoms with Gasteiger partial charge < -0.3 is 10.1 Å². The molecular formula is C26H23Cl2N3O4. The van der Waals surface area contributed by atoms with Crippen LogP contribution >= 0.6 is 23.2 Å². The Labute approximate surface area is 212 Å². The Morgan fingerprint density at radius 2 is 1.69 bits per heavy atom. The average Bonchev–Trinajstić information content (AvgIpc) is 2.94. The highest BCUT2D eigenvalue weighted by Crippen LogP contribution is 2.40. The van der Waals surface area contributed by atoms with E-state index in [0.29, 0.717) is 10.7 Å². The van der Waals surface area contributed by atoms with Gasteiger partial charge in [0.25, 0.3) is 17.7 Å². The number of halogens is 2. The molecule has 3 aromatic carbocycles. The number of carbonyl (C=O) groups excluding carboxylic acids is 3. The number of anilines is 1. The summed E-state index contributed by atoms with van der Waals surface area (Å²) in [6.45, 7) is 2.96. The van der Waals surface area contributed by atoms with Crippen LogP contribution in [0.15, 0.2) is 66.7 Å². The summed E-state index contributed by atoms with van der Waals surface area (Å²) in [5.74, 6) is -1.60. The predicted octanol–water partition coefficient (Wildman–Crippen LogP) is 4.73. The number of rotatable bonds is 6. The molecule has 1 aliphatic heterocycles. The highest BCUT2D eigenvalue weighted by Gasteiger charge is 2.33. The van der Waals surface area contributed by atoms with Crippen molar-refractivity contribution < 1.29 is 19.1 Å². The second-order valence-corrected chi connectivity index (χ2v) is 8.89. The van der Waals surface area contributed by atoms with E-state index in [1.165, 1.54) is 11.9 Å². The molecule has 1 aliphatic rings. The molecule has 0 radical (unpaired) electrons. The van der Waals surface area contributed by atoms with Crippen LogP contribution in [-0.2, 0) is 14.4 Å². The molecule has 0 spiro atoms. The van der Waals surface area contributed by atoms with Crippen molar-refractivity contribution >= 4 is 46.6 Å². The summed E-state index contributed by atoms with van der Waals surface area (Å²) in [6, 6.07) is 18.9. The molecule has 0 aromatic heterocycles. The third-order valence-electron chi connectivity index (χ3n) is 5.72. The van der Waals surface area contributed by atoms with Gasteiger partial charge in [-0.3, -0.25) is 19.8 Å². The highest BCUT2D eigenvalue weighted by molar-refractivity contribution is 6.42. The SMILES string of the molecule is CC1C(=O)N(NC(=O)[C@H](C)NC(=O)COc2cccc(Cl)c2Cl)c2ccccc2-c2ccccc21. The summed E-state index contributed by atoms with van der Waals surface area (Å²) in [5.41, 5.74) is 5.86. The van der Waals surface area contributed by atoms with E-state index in [1.807, 2.05) is 36.4 Å². The Bertz CT molecular complexity index is 1300. The Hall–Kier alpha value is -3.55. The van der Waals surface area contributed by atoms with E-state index in [4.69, 9.17) is 27.9 Å². The Balaban J connectivity index is 1.46. The van der Waals surface area contributed by atoms with Gasteiger partial charge in [0.2, 0.25) is 0 Å². The number of nitrogens with zero attached hydrogens (tertiary/aromatic N) is 1. The number of amides is 3. The van der Waals surface area contributed by atoms with E-state index in [9.17, 15) is 14.4 Å². The van der Waals surface area contributed by atoms with E-state index in [2.05, 4.69) is 10.7 Å². The molecule has 4 rings (SSSR count). The van der Waals surface area contributed by atoms with Crippen molar-refractivity contribution in [1.29, 1.82) is 0 Å².